The lowest BCUT2D eigenvalue weighted by Gasteiger charge is -2.05. The molecule has 0 bridgehead atoms. The molecule has 19 heavy (non-hydrogen) atoms. The van der Waals surface area contributed by atoms with Gasteiger partial charge in [-0.15, -0.1) is 0 Å². The van der Waals surface area contributed by atoms with Crippen LogP contribution in [0.5, 0.6) is 0 Å². The summed E-state index contributed by atoms with van der Waals surface area (Å²) in [6.07, 6.45) is 4.81. The van der Waals surface area contributed by atoms with Gasteiger partial charge in [-0.1, -0.05) is 30.7 Å². The summed E-state index contributed by atoms with van der Waals surface area (Å²) in [6.45, 7) is 2.37. The van der Waals surface area contributed by atoms with E-state index in [1.54, 1.807) is 12.1 Å². The van der Waals surface area contributed by atoms with Crippen LogP contribution in [0.15, 0.2) is 48.8 Å². The Labute approximate surface area is 117 Å². The standard InChI is InChI=1S/C15H15ClN2O/c1-2-12-7-9-18(10-8-12)11-15(19)17-14-6-4-3-5-13(14)16/h3-10H,2,11H2,1H3/p+1. The first-order valence-electron chi connectivity index (χ1n) is 6.21. The summed E-state index contributed by atoms with van der Waals surface area (Å²) >= 11 is 5.99. The third-order valence-electron chi connectivity index (χ3n) is 2.84. The van der Waals surface area contributed by atoms with Crippen LogP contribution in [-0.4, -0.2) is 5.91 Å². The molecule has 1 amide bonds. The molecule has 1 N–H and O–H groups in total. The average Bonchev–Trinajstić information content (AvgIpc) is 2.42. The van der Waals surface area contributed by atoms with Crippen LogP contribution in [0, 0.1) is 0 Å². The number of para-hydroxylation sites is 1. The SMILES string of the molecule is CCc1cc[n+](CC(=O)Nc2ccccc2Cl)cc1. The molecule has 0 spiro atoms. The molecule has 0 aliphatic carbocycles. The van der Waals surface area contributed by atoms with Gasteiger partial charge in [0, 0.05) is 12.1 Å². The van der Waals surface area contributed by atoms with Gasteiger partial charge in [0.05, 0.1) is 10.7 Å². The molecule has 0 atom stereocenters. The lowest BCUT2D eigenvalue weighted by molar-refractivity contribution is -0.684. The van der Waals surface area contributed by atoms with Gasteiger partial charge in [-0.25, -0.2) is 0 Å². The number of anilines is 1. The molecule has 2 rings (SSSR count). The van der Waals surface area contributed by atoms with Crippen molar-refractivity contribution in [1.29, 1.82) is 0 Å². The fourth-order valence-corrected chi connectivity index (χ4v) is 1.93. The number of rotatable bonds is 4. The van der Waals surface area contributed by atoms with Crippen LogP contribution >= 0.6 is 11.6 Å². The summed E-state index contributed by atoms with van der Waals surface area (Å²) in [5.41, 5.74) is 1.89. The first kappa shape index (κ1) is 13.6. The Kier molecular flexibility index (Phi) is 4.53. The lowest BCUT2D eigenvalue weighted by Crippen LogP contribution is -2.39. The van der Waals surface area contributed by atoms with Crippen LogP contribution in [0.4, 0.5) is 5.69 Å². The summed E-state index contributed by atoms with van der Waals surface area (Å²) in [4.78, 5) is 11.9. The van der Waals surface area contributed by atoms with E-state index in [0.29, 0.717) is 10.7 Å². The predicted octanol–water partition coefficient (Wildman–Crippen LogP) is 2.83. The van der Waals surface area contributed by atoms with Crippen LogP contribution < -0.4 is 9.88 Å². The van der Waals surface area contributed by atoms with Gasteiger partial charge in [0.2, 0.25) is 6.54 Å². The van der Waals surface area contributed by atoms with E-state index >= 15 is 0 Å². The molecule has 0 unspecified atom stereocenters. The second-order valence-electron chi connectivity index (χ2n) is 4.26. The van der Waals surface area contributed by atoms with Crippen LogP contribution in [0.2, 0.25) is 5.02 Å². The fourth-order valence-electron chi connectivity index (χ4n) is 1.75. The van der Waals surface area contributed by atoms with Crippen LogP contribution in [-0.2, 0) is 17.8 Å². The predicted molar refractivity (Wildman–Crippen MR) is 76.1 cm³/mol. The first-order valence-corrected chi connectivity index (χ1v) is 6.59. The normalized spacial score (nSPS) is 10.2. The molecule has 4 heteroatoms. The number of hydrogen-bond acceptors (Lipinski definition) is 1. The largest absolute Gasteiger partial charge is 0.319 e. The highest BCUT2D eigenvalue weighted by Gasteiger charge is 2.10. The second-order valence-corrected chi connectivity index (χ2v) is 4.67. The minimum atomic E-state index is -0.0950. The third-order valence-corrected chi connectivity index (χ3v) is 3.17. The Balaban J connectivity index is 1.99. The van der Waals surface area contributed by atoms with Gasteiger partial charge in [-0.05, 0) is 24.1 Å². The van der Waals surface area contributed by atoms with E-state index in [1.165, 1.54) is 5.56 Å². The minimum absolute atomic E-state index is 0.0950. The Morgan fingerprint density at radius 1 is 1.21 bits per heavy atom. The molecule has 1 heterocycles. The lowest BCUT2D eigenvalue weighted by atomic mass is 10.2. The van der Waals surface area contributed by atoms with Gasteiger partial charge in [0.25, 0.3) is 5.91 Å². The number of carbonyl (C=O) groups is 1. The van der Waals surface area contributed by atoms with Crippen molar-refractivity contribution >= 4 is 23.2 Å². The molecule has 0 aliphatic heterocycles. The number of nitrogens with zero attached hydrogens (tertiary/aromatic N) is 1. The molecule has 3 nitrogen and oxygen atoms in total. The van der Waals surface area contributed by atoms with Crippen molar-refractivity contribution in [2.75, 3.05) is 5.32 Å². The number of benzene rings is 1. The van der Waals surface area contributed by atoms with Gasteiger partial charge in [-0.3, -0.25) is 4.79 Å². The maximum atomic E-state index is 11.9. The number of carbonyl (C=O) groups excluding carboxylic acids is 1. The zero-order chi connectivity index (χ0) is 13.7. The number of halogens is 1. The van der Waals surface area contributed by atoms with Gasteiger partial charge < -0.3 is 5.32 Å². The summed E-state index contributed by atoms with van der Waals surface area (Å²) in [6, 6.07) is 11.2. The number of hydrogen-bond donors (Lipinski definition) is 1. The van der Waals surface area contributed by atoms with E-state index in [1.807, 2.05) is 41.2 Å². The molecule has 1 aromatic heterocycles. The third kappa shape index (κ3) is 3.80. The highest BCUT2D eigenvalue weighted by Crippen LogP contribution is 2.20. The Morgan fingerprint density at radius 2 is 1.89 bits per heavy atom. The van der Waals surface area contributed by atoms with Crippen molar-refractivity contribution in [3.8, 4) is 0 Å². The van der Waals surface area contributed by atoms with Crippen molar-refractivity contribution in [1.82, 2.24) is 0 Å². The van der Waals surface area contributed by atoms with E-state index in [4.69, 9.17) is 11.6 Å². The van der Waals surface area contributed by atoms with E-state index in [2.05, 4.69) is 12.2 Å². The van der Waals surface area contributed by atoms with Crippen molar-refractivity contribution < 1.29 is 9.36 Å². The highest BCUT2D eigenvalue weighted by atomic mass is 35.5. The molecule has 1 aromatic carbocycles. The number of amides is 1. The summed E-state index contributed by atoms with van der Waals surface area (Å²) in [7, 11) is 0. The molecule has 0 radical (unpaired) electrons. The number of aromatic nitrogens is 1. The van der Waals surface area contributed by atoms with Gasteiger partial charge in [-0.2, -0.15) is 4.57 Å². The smallest absolute Gasteiger partial charge is 0.290 e. The number of pyridine rings is 1. The second kappa shape index (κ2) is 6.34. The number of aryl methyl sites for hydroxylation is 1. The summed E-state index contributed by atoms with van der Waals surface area (Å²) < 4.78 is 1.84. The minimum Gasteiger partial charge on any atom is -0.319 e. The van der Waals surface area contributed by atoms with Gasteiger partial charge in [0.1, 0.15) is 0 Å². The van der Waals surface area contributed by atoms with Gasteiger partial charge >= 0.3 is 0 Å². The quantitative estimate of drug-likeness (QED) is 0.855. The Hall–Kier alpha value is -1.87. The molecular formula is C15H16ClN2O+. The van der Waals surface area contributed by atoms with E-state index in [-0.39, 0.29) is 12.5 Å². The maximum absolute atomic E-state index is 11.9. The molecule has 98 valence electrons. The molecule has 0 fully saturated rings. The van der Waals surface area contributed by atoms with Crippen molar-refractivity contribution in [2.24, 2.45) is 0 Å². The van der Waals surface area contributed by atoms with Crippen molar-refractivity contribution in [3.05, 3.63) is 59.4 Å². The maximum Gasteiger partial charge on any atom is 0.290 e. The summed E-state index contributed by atoms with van der Waals surface area (Å²) in [5.74, 6) is -0.0950. The Morgan fingerprint density at radius 3 is 2.53 bits per heavy atom. The van der Waals surface area contributed by atoms with E-state index < -0.39 is 0 Å². The zero-order valence-electron chi connectivity index (χ0n) is 10.8. The van der Waals surface area contributed by atoms with Crippen LogP contribution in [0.3, 0.4) is 0 Å². The average molecular weight is 276 g/mol. The monoisotopic (exact) mass is 275 g/mol. The molecule has 0 saturated heterocycles. The first-order chi connectivity index (χ1) is 9.19. The summed E-state index contributed by atoms with van der Waals surface area (Å²) in [5, 5.41) is 3.34. The molecule has 0 saturated carbocycles. The Bertz CT molecular complexity index is 567. The molecule has 2 aromatic rings. The highest BCUT2D eigenvalue weighted by molar-refractivity contribution is 6.33. The van der Waals surface area contributed by atoms with E-state index in [9.17, 15) is 4.79 Å². The fraction of sp³-hybridized carbons (Fsp3) is 0.200. The molecule has 0 aliphatic rings. The van der Waals surface area contributed by atoms with Crippen LogP contribution in [0.25, 0.3) is 0 Å². The van der Waals surface area contributed by atoms with Crippen LogP contribution in [0.1, 0.15) is 12.5 Å². The molecular weight excluding hydrogens is 260 g/mol. The van der Waals surface area contributed by atoms with Crippen molar-refractivity contribution in [3.63, 3.8) is 0 Å². The topological polar surface area (TPSA) is 33.0 Å². The number of nitrogens with one attached hydrogen (secondary N) is 1. The van der Waals surface area contributed by atoms with E-state index in [0.717, 1.165) is 6.42 Å². The zero-order valence-corrected chi connectivity index (χ0v) is 11.5. The van der Waals surface area contributed by atoms with Crippen molar-refractivity contribution in [2.45, 2.75) is 19.9 Å². The van der Waals surface area contributed by atoms with Gasteiger partial charge in [0.15, 0.2) is 12.4 Å².